The second kappa shape index (κ2) is 13.3. The number of hydrogen-bond acceptors (Lipinski definition) is 9. The highest BCUT2D eigenvalue weighted by atomic mass is 32.2. The second-order valence-corrected chi connectivity index (χ2v) is 10.2. The van der Waals surface area contributed by atoms with E-state index in [0.29, 0.717) is 47.3 Å². The summed E-state index contributed by atoms with van der Waals surface area (Å²) < 4.78 is 28.3. The molecule has 4 aromatic rings. The Bertz CT molecular complexity index is 1530. The summed E-state index contributed by atoms with van der Waals surface area (Å²) in [6.45, 7) is 8.91. The number of rotatable bonds is 12. The van der Waals surface area contributed by atoms with Crippen molar-refractivity contribution in [2.75, 3.05) is 20.8 Å². The van der Waals surface area contributed by atoms with Crippen LogP contribution in [-0.4, -0.2) is 42.1 Å². The minimum absolute atomic E-state index is 0.00885. The molecule has 0 aliphatic rings. The van der Waals surface area contributed by atoms with E-state index in [9.17, 15) is 9.90 Å². The maximum Gasteiger partial charge on any atom is 0.342 e. The number of aromatic nitrogens is 2. The highest BCUT2D eigenvalue weighted by Crippen LogP contribution is 2.35. The van der Waals surface area contributed by atoms with E-state index < -0.39 is 5.97 Å². The van der Waals surface area contributed by atoms with Gasteiger partial charge in [0.1, 0.15) is 23.0 Å². The molecule has 1 N–H and O–H groups in total. The maximum absolute atomic E-state index is 12.1. The van der Waals surface area contributed by atoms with Gasteiger partial charge in [-0.05, 0) is 92.1 Å². The summed E-state index contributed by atoms with van der Waals surface area (Å²) in [6, 6.07) is 14.7. The average molecular weight is 577 g/mol. The van der Waals surface area contributed by atoms with E-state index in [1.54, 1.807) is 50.6 Å². The molecule has 1 heterocycles. The smallest absolute Gasteiger partial charge is 0.342 e. The molecule has 41 heavy (non-hydrogen) atoms. The number of carbonyl (C=O) groups is 1. The molecule has 4 rings (SSSR count). The van der Waals surface area contributed by atoms with Crippen LogP contribution in [-0.2, 0) is 11.4 Å². The molecule has 0 radical (unpaired) electrons. The van der Waals surface area contributed by atoms with Crippen molar-refractivity contribution in [1.29, 1.82) is 0 Å². The molecule has 0 saturated heterocycles. The zero-order chi connectivity index (χ0) is 29.5. The first-order valence-electron chi connectivity index (χ1n) is 12.9. The van der Waals surface area contributed by atoms with E-state index >= 15 is 0 Å². The third-order valence-electron chi connectivity index (χ3n) is 6.19. The van der Waals surface area contributed by atoms with E-state index in [1.165, 1.54) is 11.6 Å². The van der Waals surface area contributed by atoms with E-state index in [1.807, 2.05) is 6.92 Å². The van der Waals surface area contributed by atoms with Gasteiger partial charge in [0.25, 0.3) is 5.22 Å². The lowest BCUT2D eigenvalue weighted by molar-refractivity contribution is -0.131. The van der Waals surface area contributed by atoms with Crippen molar-refractivity contribution in [2.24, 2.45) is 0 Å². The number of methoxy groups -OCH3 is 2. The number of ether oxygens (including phenoxy) is 4. The Balaban J connectivity index is 1.56. The van der Waals surface area contributed by atoms with Crippen molar-refractivity contribution in [1.82, 2.24) is 10.2 Å². The fourth-order valence-electron chi connectivity index (χ4n) is 4.27. The minimum Gasteiger partial charge on any atom is -0.497 e. The molecule has 0 unspecified atom stereocenters. The van der Waals surface area contributed by atoms with Crippen LogP contribution in [0, 0.1) is 20.8 Å². The highest BCUT2D eigenvalue weighted by Gasteiger charge is 2.18. The third kappa shape index (κ3) is 7.40. The Hall–Kier alpha value is -4.44. The molecule has 0 saturated carbocycles. The quantitative estimate of drug-likeness (QED) is 0.141. The van der Waals surface area contributed by atoms with Gasteiger partial charge in [0.05, 0.1) is 20.8 Å². The highest BCUT2D eigenvalue weighted by molar-refractivity contribution is 8.03. The summed E-state index contributed by atoms with van der Waals surface area (Å²) in [7, 11) is 3.08. The summed E-state index contributed by atoms with van der Waals surface area (Å²) in [6.07, 6.45) is 1.52. The maximum atomic E-state index is 12.1. The molecule has 0 spiro atoms. The first-order valence-corrected chi connectivity index (χ1v) is 13.7. The Morgan fingerprint density at radius 3 is 2.22 bits per heavy atom. The van der Waals surface area contributed by atoms with Crippen molar-refractivity contribution in [3.8, 4) is 34.5 Å². The van der Waals surface area contributed by atoms with Crippen LogP contribution in [0.15, 0.2) is 63.1 Å². The van der Waals surface area contributed by atoms with Crippen molar-refractivity contribution >= 4 is 23.8 Å². The summed E-state index contributed by atoms with van der Waals surface area (Å²) in [4.78, 5) is 12.1. The van der Waals surface area contributed by atoms with Gasteiger partial charge in [0, 0.05) is 11.6 Å². The van der Waals surface area contributed by atoms with Crippen molar-refractivity contribution < 1.29 is 33.3 Å². The van der Waals surface area contributed by atoms with Gasteiger partial charge in [0.2, 0.25) is 5.89 Å². The number of aliphatic carboxylic acids is 1. The fraction of sp³-hybridized carbons (Fsp3) is 0.258. The van der Waals surface area contributed by atoms with Gasteiger partial charge in [-0.2, -0.15) is 0 Å². The lowest BCUT2D eigenvalue weighted by Gasteiger charge is -2.16. The van der Waals surface area contributed by atoms with Crippen LogP contribution in [0.4, 0.5) is 0 Å². The van der Waals surface area contributed by atoms with Crippen LogP contribution in [0.3, 0.4) is 0 Å². The van der Waals surface area contributed by atoms with Crippen LogP contribution in [0.5, 0.6) is 23.0 Å². The molecule has 1 aromatic heterocycles. The Morgan fingerprint density at radius 1 is 0.927 bits per heavy atom. The standard InChI is InChI=1S/C31H32N2O7S/c1-7-38-27-12-21(8-9-26(27)39-17-25-19(3)10-18(2)11-20(25)4)13-28(30(34)35)41-31-33-32-29(40-31)22-14-23(36-5)16-24(15-22)37-6/h8-16H,7,17H2,1-6H3,(H,34,35)/b28-13-. The molecule has 0 atom stereocenters. The topological polar surface area (TPSA) is 113 Å². The number of carboxylic acid groups (broad SMARTS) is 1. The molecule has 214 valence electrons. The summed E-state index contributed by atoms with van der Waals surface area (Å²) in [5.41, 5.74) is 5.85. The van der Waals surface area contributed by atoms with E-state index in [4.69, 9.17) is 23.4 Å². The number of nitrogens with zero attached hydrogens (tertiary/aromatic N) is 2. The lowest BCUT2D eigenvalue weighted by Crippen LogP contribution is -2.03. The molecule has 10 heteroatoms. The van der Waals surface area contributed by atoms with Crippen LogP contribution in [0.1, 0.15) is 34.7 Å². The Kier molecular flexibility index (Phi) is 9.57. The van der Waals surface area contributed by atoms with E-state index in [-0.39, 0.29) is 16.0 Å². The number of hydrogen-bond donors (Lipinski definition) is 1. The molecular weight excluding hydrogens is 544 g/mol. The van der Waals surface area contributed by atoms with Crippen molar-refractivity contribution in [2.45, 2.75) is 39.5 Å². The van der Waals surface area contributed by atoms with Crippen molar-refractivity contribution in [3.63, 3.8) is 0 Å². The predicted octanol–water partition coefficient (Wildman–Crippen LogP) is 6.87. The van der Waals surface area contributed by atoms with Crippen LogP contribution in [0.25, 0.3) is 17.5 Å². The first-order chi connectivity index (χ1) is 19.7. The van der Waals surface area contributed by atoms with Crippen LogP contribution in [0.2, 0.25) is 0 Å². The largest absolute Gasteiger partial charge is 0.497 e. The number of carboxylic acids is 1. The van der Waals surface area contributed by atoms with Gasteiger partial charge >= 0.3 is 5.97 Å². The van der Waals surface area contributed by atoms with Gasteiger partial charge in [0.15, 0.2) is 11.5 Å². The first kappa shape index (κ1) is 29.5. The normalized spacial score (nSPS) is 11.3. The number of benzene rings is 3. The van der Waals surface area contributed by atoms with Gasteiger partial charge in [-0.1, -0.05) is 23.8 Å². The predicted molar refractivity (Wildman–Crippen MR) is 157 cm³/mol. The zero-order valence-electron chi connectivity index (χ0n) is 23.8. The lowest BCUT2D eigenvalue weighted by atomic mass is 10.0. The molecule has 0 aliphatic heterocycles. The van der Waals surface area contributed by atoms with Gasteiger partial charge in [-0.3, -0.25) is 0 Å². The zero-order valence-corrected chi connectivity index (χ0v) is 24.6. The molecule has 3 aromatic carbocycles. The van der Waals surface area contributed by atoms with Gasteiger partial charge in [-0.15, -0.1) is 10.2 Å². The van der Waals surface area contributed by atoms with Crippen molar-refractivity contribution in [3.05, 3.63) is 81.3 Å². The SMILES string of the molecule is CCOc1cc(/C=C(\Sc2nnc(-c3cc(OC)cc(OC)c3)o2)C(=O)O)ccc1OCc1c(C)cc(C)cc1C. The number of thioether (sulfide) groups is 1. The third-order valence-corrected chi connectivity index (χ3v) is 7.04. The Labute approximate surface area is 243 Å². The monoisotopic (exact) mass is 576 g/mol. The summed E-state index contributed by atoms with van der Waals surface area (Å²) >= 11 is 0.849. The molecular formula is C31H32N2O7S. The summed E-state index contributed by atoms with van der Waals surface area (Å²) in [5, 5.41) is 18.1. The number of aryl methyl sites for hydroxylation is 3. The minimum atomic E-state index is -1.14. The second-order valence-electron chi connectivity index (χ2n) is 9.20. The Morgan fingerprint density at radius 2 is 1.61 bits per heavy atom. The average Bonchev–Trinajstić information content (AvgIpc) is 3.41. The molecule has 0 amide bonds. The molecule has 9 nitrogen and oxygen atoms in total. The summed E-state index contributed by atoms with van der Waals surface area (Å²) in [5.74, 6) is 1.27. The molecule has 0 aliphatic carbocycles. The fourth-order valence-corrected chi connectivity index (χ4v) is 4.94. The van der Waals surface area contributed by atoms with Crippen LogP contribution < -0.4 is 18.9 Å². The molecule has 0 bridgehead atoms. The van der Waals surface area contributed by atoms with E-state index in [2.05, 4.69) is 43.1 Å². The van der Waals surface area contributed by atoms with Gasteiger partial charge < -0.3 is 28.5 Å². The van der Waals surface area contributed by atoms with Crippen LogP contribution >= 0.6 is 11.8 Å². The van der Waals surface area contributed by atoms with Gasteiger partial charge in [-0.25, -0.2) is 4.79 Å². The van der Waals surface area contributed by atoms with E-state index in [0.717, 1.165) is 28.5 Å². The molecule has 0 fully saturated rings.